The van der Waals surface area contributed by atoms with Gasteiger partial charge in [0.25, 0.3) is 0 Å². The van der Waals surface area contributed by atoms with E-state index in [1.165, 1.54) is 12.1 Å². The average Bonchev–Trinajstić information content (AvgIpc) is 3.09. The van der Waals surface area contributed by atoms with Crippen LogP contribution in [0.3, 0.4) is 0 Å². The van der Waals surface area contributed by atoms with Crippen molar-refractivity contribution < 1.29 is 22.5 Å². The Morgan fingerprint density at radius 1 is 1.15 bits per heavy atom. The molecule has 0 atom stereocenters. The van der Waals surface area contributed by atoms with E-state index in [-0.39, 0.29) is 24.4 Å². The summed E-state index contributed by atoms with van der Waals surface area (Å²) in [5.74, 6) is 0.0267. The first-order valence-corrected chi connectivity index (χ1v) is 8.20. The van der Waals surface area contributed by atoms with Gasteiger partial charge in [-0.15, -0.1) is 0 Å². The highest BCUT2D eigenvalue weighted by Gasteiger charge is 2.30. The standard InChI is InChI=1S/C18H13ClF3N3O2/c19-14-6-2-4-12(9-14)17-24-16(27-25-17)10-23-15(26)8-11-3-1-5-13(7-11)18(20,21)22/h1-7,9H,8,10H2,(H,23,26). The number of carbonyl (C=O) groups is 1. The summed E-state index contributed by atoms with van der Waals surface area (Å²) < 4.78 is 43.2. The summed E-state index contributed by atoms with van der Waals surface area (Å²) in [5.41, 5.74) is 0.121. The number of amides is 1. The molecule has 0 aliphatic heterocycles. The van der Waals surface area contributed by atoms with Crippen LogP contribution in [0.25, 0.3) is 11.4 Å². The van der Waals surface area contributed by atoms with E-state index in [4.69, 9.17) is 16.1 Å². The molecule has 0 fully saturated rings. The van der Waals surface area contributed by atoms with Gasteiger partial charge in [0.2, 0.25) is 17.6 Å². The fraction of sp³-hybridized carbons (Fsp3) is 0.167. The minimum absolute atomic E-state index is 0.0363. The van der Waals surface area contributed by atoms with Crippen LogP contribution in [0, 0.1) is 0 Å². The third kappa shape index (κ3) is 5.07. The lowest BCUT2D eigenvalue weighted by Gasteiger charge is -2.08. The van der Waals surface area contributed by atoms with Crippen molar-refractivity contribution in [1.82, 2.24) is 15.5 Å². The number of rotatable bonds is 5. The highest BCUT2D eigenvalue weighted by atomic mass is 35.5. The van der Waals surface area contributed by atoms with Gasteiger partial charge in [-0.2, -0.15) is 18.2 Å². The number of halogens is 4. The minimum Gasteiger partial charge on any atom is -0.347 e. The minimum atomic E-state index is -4.45. The van der Waals surface area contributed by atoms with Crippen molar-refractivity contribution in [3.63, 3.8) is 0 Å². The molecule has 1 N–H and O–H groups in total. The largest absolute Gasteiger partial charge is 0.416 e. The molecule has 5 nitrogen and oxygen atoms in total. The monoisotopic (exact) mass is 395 g/mol. The van der Waals surface area contributed by atoms with Gasteiger partial charge >= 0.3 is 6.18 Å². The highest BCUT2D eigenvalue weighted by molar-refractivity contribution is 6.30. The molecule has 2 aromatic carbocycles. The summed E-state index contributed by atoms with van der Waals surface area (Å²) in [6.45, 7) is -0.0363. The molecule has 0 radical (unpaired) electrons. The third-order valence-corrected chi connectivity index (χ3v) is 3.84. The van der Waals surface area contributed by atoms with E-state index >= 15 is 0 Å². The second-order valence-electron chi connectivity index (χ2n) is 5.67. The Morgan fingerprint density at radius 3 is 2.67 bits per heavy atom. The van der Waals surface area contributed by atoms with Crippen LogP contribution in [-0.2, 0) is 23.9 Å². The molecule has 0 aliphatic carbocycles. The molecule has 140 valence electrons. The Balaban J connectivity index is 1.59. The Kier molecular flexibility index (Phi) is 5.46. The maximum Gasteiger partial charge on any atom is 0.416 e. The SMILES string of the molecule is O=C(Cc1cccc(C(F)(F)F)c1)NCc1nc(-c2cccc(Cl)c2)no1. The van der Waals surface area contributed by atoms with Crippen LogP contribution in [-0.4, -0.2) is 16.0 Å². The predicted octanol–water partition coefficient (Wildman–Crippen LogP) is 4.27. The normalized spacial score (nSPS) is 11.4. The Morgan fingerprint density at radius 2 is 1.93 bits per heavy atom. The Bertz CT molecular complexity index is 957. The molecule has 3 aromatic rings. The number of hydrogen-bond donors (Lipinski definition) is 1. The van der Waals surface area contributed by atoms with Crippen molar-refractivity contribution >= 4 is 17.5 Å². The van der Waals surface area contributed by atoms with Gasteiger partial charge < -0.3 is 9.84 Å². The molecular formula is C18H13ClF3N3O2. The molecule has 3 rings (SSSR count). The summed E-state index contributed by atoms with van der Waals surface area (Å²) in [6, 6.07) is 11.5. The van der Waals surface area contributed by atoms with E-state index in [9.17, 15) is 18.0 Å². The molecule has 1 amide bonds. The van der Waals surface area contributed by atoms with Crippen molar-refractivity contribution in [1.29, 1.82) is 0 Å². The smallest absolute Gasteiger partial charge is 0.347 e. The lowest BCUT2D eigenvalue weighted by atomic mass is 10.1. The molecule has 1 heterocycles. The molecule has 0 saturated carbocycles. The first kappa shape index (κ1) is 18.9. The first-order valence-electron chi connectivity index (χ1n) is 7.82. The van der Waals surface area contributed by atoms with Gasteiger partial charge in [0.05, 0.1) is 18.5 Å². The summed E-state index contributed by atoms with van der Waals surface area (Å²) >= 11 is 5.91. The number of aromatic nitrogens is 2. The average molecular weight is 396 g/mol. The molecular weight excluding hydrogens is 383 g/mol. The van der Waals surface area contributed by atoms with E-state index < -0.39 is 17.6 Å². The van der Waals surface area contributed by atoms with E-state index in [2.05, 4.69) is 15.5 Å². The Hall–Kier alpha value is -2.87. The van der Waals surface area contributed by atoms with Crippen LogP contribution in [0.5, 0.6) is 0 Å². The predicted molar refractivity (Wildman–Crippen MR) is 91.7 cm³/mol. The molecule has 0 bridgehead atoms. The van der Waals surface area contributed by atoms with Crippen LogP contribution >= 0.6 is 11.6 Å². The van der Waals surface area contributed by atoms with Crippen molar-refractivity contribution in [2.75, 3.05) is 0 Å². The highest BCUT2D eigenvalue weighted by Crippen LogP contribution is 2.29. The van der Waals surface area contributed by atoms with Crippen molar-refractivity contribution in [3.8, 4) is 11.4 Å². The van der Waals surface area contributed by atoms with Crippen LogP contribution in [0.2, 0.25) is 5.02 Å². The summed E-state index contributed by atoms with van der Waals surface area (Å²) in [5, 5.41) is 6.87. The molecule has 0 spiro atoms. The van der Waals surface area contributed by atoms with Crippen LogP contribution in [0.15, 0.2) is 53.1 Å². The zero-order valence-corrected chi connectivity index (χ0v) is 14.5. The molecule has 27 heavy (non-hydrogen) atoms. The second kappa shape index (κ2) is 7.79. The molecule has 1 aromatic heterocycles. The topological polar surface area (TPSA) is 68.0 Å². The van der Waals surface area contributed by atoms with Crippen molar-refractivity contribution in [2.45, 2.75) is 19.1 Å². The number of nitrogens with one attached hydrogen (secondary N) is 1. The van der Waals surface area contributed by atoms with Gasteiger partial charge in [-0.1, -0.05) is 47.1 Å². The van der Waals surface area contributed by atoms with E-state index in [0.29, 0.717) is 16.4 Å². The zero-order valence-electron chi connectivity index (χ0n) is 13.8. The third-order valence-electron chi connectivity index (χ3n) is 3.61. The summed E-state index contributed by atoms with van der Waals surface area (Å²) in [7, 11) is 0. The summed E-state index contributed by atoms with van der Waals surface area (Å²) in [6.07, 6.45) is -4.65. The molecule has 0 saturated heterocycles. The van der Waals surface area contributed by atoms with Gasteiger partial charge in [0, 0.05) is 10.6 Å². The molecule has 9 heteroatoms. The van der Waals surface area contributed by atoms with Gasteiger partial charge in [0.1, 0.15) is 0 Å². The molecule has 0 unspecified atom stereocenters. The van der Waals surface area contributed by atoms with E-state index in [1.54, 1.807) is 24.3 Å². The second-order valence-corrected chi connectivity index (χ2v) is 6.11. The van der Waals surface area contributed by atoms with Crippen LogP contribution < -0.4 is 5.32 Å². The number of nitrogens with zero attached hydrogens (tertiary/aromatic N) is 2. The summed E-state index contributed by atoms with van der Waals surface area (Å²) in [4.78, 5) is 16.1. The lowest BCUT2D eigenvalue weighted by Crippen LogP contribution is -2.24. The van der Waals surface area contributed by atoms with Gasteiger partial charge in [-0.05, 0) is 23.8 Å². The van der Waals surface area contributed by atoms with Gasteiger partial charge in [-0.25, -0.2) is 0 Å². The van der Waals surface area contributed by atoms with Crippen LogP contribution in [0.4, 0.5) is 13.2 Å². The van der Waals surface area contributed by atoms with E-state index in [1.807, 2.05) is 0 Å². The molecule has 0 aliphatic rings. The lowest BCUT2D eigenvalue weighted by molar-refractivity contribution is -0.137. The Labute approximate surface area is 157 Å². The number of alkyl halides is 3. The van der Waals surface area contributed by atoms with E-state index in [0.717, 1.165) is 12.1 Å². The first-order chi connectivity index (χ1) is 12.8. The fourth-order valence-electron chi connectivity index (χ4n) is 2.35. The van der Waals surface area contributed by atoms with Gasteiger partial charge in [-0.3, -0.25) is 4.79 Å². The number of carbonyl (C=O) groups excluding carboxylic acids is 1. The van der Waals surface area contributed by atoms with Crippen molar-refractivity contribution in [2.24, 2.45) is 0 Å². The quantitative estimate of drug-likeness (QED) is 0.700. The fourth-order valence-corrected chi connectivity index (χ4v) is 2.54. The van der Waals surface area contributed by atoms with Crippen molar-refractivity contribution in [3.05, 3.63) is 70.6 Å². The van der Waals surface area contributed by atoms with Gasteiger partial charge in [0.15, 0.2) is 0 Å². The zero-order chi connectivity index (χ0) is 19.4. The van der Waals surface area contributed by atoms with Crippen LogP contribution in [0.1, 0.15) is 17.0 Å². The number of benzene rings is 2. The maximum absolute atomic E-state index is 12.7. The maximum atomic E-state index is 12.7. The number of hydrogen-bond acceptors (Lipinski definition) is 4.